The quantitative estimate of drug-likeness (QED) is 0.520. The van der Waals surface area contributed by atoms with Gasteiger partial charge in [-0.1, -0.05) is 35.6 Å². The second kappa shape index (κ2) is 7.94. The number of rotatable bonds is 4. The Morgan fingerprint density at radius 1 is 1.00 bits per heavy atom. The fourth-order valence-electron chi connectivity index (χ4n) is 4.31. The number of halogens is 1. The summed E-state index contributed by atoms with van der Waals surface area (Å²) in [6.45, 7) is 7.23. The predicted molar refractivity (Wildman–Crippen MR) is 120 cm³/mol. The second-order valence-corrected chi connectivity index (χ2v) is 8.91. The number of thiazole rings is 1. The molecule has 1 aliphatic heterocycles. The van der Waals surface area contributed by atoms with Crippen LogP contribution < -0.4 is 4.90 Å². The minimum Gasteiger partial charge on any atom is -0.492 e. The topological polar surface area (TPSA) is 56.9 Å². The van der Waals surface area contributed by atoms with E-state index in [1.807, 2.05) is 31.2 Å². The minimum atomic E-state index is -0.218. The summed E-state index contributed by atoms with van der Waals surface area (Å²) in [7, 11) is 0. The molecule has 0 spiro atoms. The van der Waals surface area contributed by atoms with Crippen molar-refractivity contribution in [3.8, 4) is 5.88 Å². The first-order chi connectivity index (χ1) is 15.0. The van der Waals surface area contributed by atoms with Crippen LogP contribution in [0.15, 0.2) is 48.5 Å². The highest BCUT2D eigenvalue weighted by molar-refractivity contribution is 7.17. The molecule has 4 aromatic rings. The molecule has 1 atom stereocenters. The molecule has 2 aromatic heterocycles. The summed E-state index contributed by atoms with van der Waals surface area (Å²) in [4.78, 5) is 10.7. The molecule has 160 valence electrons. The summed E-state index contributed by atoms with van der Waals surface area (Å²) in [5.74, 6) is 0.590. The van der Waals surface area contributed by atoms with E-state index in [-0.39, 0.29) is 17.7 Å². The summed E-state index contributed by atoms with van der Waals surface area (Å²) >= 11 is 1.49. The maximum Gasteiger partial charge on any atom is 0.230 e. The molecule has 0 bridgehead atoms. The smallest absolute Gasteiger partial charge is 0.230 e. The van der Waals surface area contributed by atoms with Gasteiger partial charge in [0, 0.05) is 31.9 Å². The fourth-order valence-corrected chi connectivity index (χ4v) is 5.47. The average Bonchev–Trinajstić information content (AvgIpc) is 3.28. The van der Waals surface area contributed by atoms with Crippen molar-refractivity contribution in [1.82, 2.24) is 19.5 Å². The van der Waals surface area contributed by atoms with Crippen molar-refractivity contribution < 1.29 is 9.50 Å². The third kappa shape index (κ3) is 3.66. The Morgan fingerprint density at radius 3 is 2.39 bits per heavy atom. The third-order valence-electron chi connectivity index (χ3n) is 5.91. The van der Waals surface area contributed by atoms with E-state index in [9.17, 15) is 9.50 Å². The second-order valence-electron chi connectivity index (χ2n) is 7.90. The molecule has 1 aliphatic rings. The fraction of sp³-hybridized carbons (Fsp3) is 0.304. The van der Waals surface area contributed by atoms with Gasteiger partial charge in [0.25, 0.3) is 0 Å². The Balaban J connectivity index is 1.48. The summed E-state index contributed by atoms with van der Waals surface area (Å²) < 4.78 is 14.8. The van der Waals surface area contributed by atoms with Crippen LogP contribution in [-0.2, 0) is 0 Å². The van der Waals surface area contributed by atoms with Crippen LogP contribution in [0.25, 0.3) is 4.96 Å². The number of aromatic nitrogens is 3. The molecule has 8 heteroatoms. The Morgan fingerprint density at radius 2 is 1.71 bits per heavy atom. The normalized spacial score (nSPS) is 16.2. The van der Waals surface area contributed by atoms with Gasteiger partial charge < -0.3 is 10.0 Å². The molecule has 1 saturated heterocycles. The summed E-state index contributed by atoms with van der Waals surface area (Å²) in [6.07, 6.45) is 0. The molecule has 3 heterocycles. The number of fused-ring (bicyclic) bond motifs is 1. The highest BCUT2D eigenvalue weighted by Gasteiger charge is 2.32. The minimum absolute atomic E-state index is 0.0784. The molecule has 0 saturated carbocycles. The number of aromatic hydroxyl groups is 1. The molecular formula is C23H24FN5OS. The first kappa shape index (κ1) is 20.0. The molecule has 31 heavy (non-hydrogen) atoms. The number of hydrogen-bond donors (Lipinski definition) is 1. The molecule has 0 aliphatic carbocycles. The summed E-state index contributed by atoms with van der Waals surface area (Å²) in [6, 6.07) is 14.9. The van der Waals surface area contributed by atoms with Crippen molar-refractivity contribution in [3.63, 3.8) is 0 Å². The first-order valence-electron chi connectivity index (χ1n) is 10.4. The van der Waals surface area contributed by atoms with Crippen LogP contribution >= 0.6 is 11.3 Å². The van der Waals surface area contributed by atoms with Gasteiger partial charge in [-0.15, -0.1) is 5.10 Å². The van der Waals surface area contributed by atoms with E-state index >= 15 is 0 Å². The van der Waals surface area contributed by atoms with Gasteiger partial charge in [0.05, 0.1) is 10.9 Å². The van der Waals surface area contributed by atoms with Crippen molar-refractivity contribution >= 4 is 22.0 Å². The van der Waals surface area contributed by atoms with Crippen LogP contribution in [0.5, 0.6) is 5.88 Å². The van der Waals surface area contributed by atoms with Gasteiger partial charge in [-0.25, -0.2) is 9.37 Å². The maximum atomic E-state index is 13.3. The van der Waals surface area contributed by atoms with Crippen molar-refractivity contribution in [3.05, 3.63) is 76.2 Å². The van der Waals surface area contributed by atoms with E-state index < -0.39 is 0 Å². The van der Waals surface area contributed by atoms with Gasteiger partial charge in [-0.05, 0) is 49.2 Å². The first-order valence-corrected chi connectivity index (χ1v) is 11.2. The lowest BCUT2D eigenvalue weighted by Gasteiger charge is -2.40. The number of nitrogens with zero attached hydrogens (tertiary/aromatic N) is 5. The van der Waals surface area contributed by atoms with E-state index in [0.717, 1.165) is 36.7 Å². The maximum absolute atomic E-state index is 13.3. The molecule has 0 unspecified atom stereocenters. The predicted octanol–water partition coefficient (Wildman–Crippen LogP) is 4.16. The number of hydrogen-bond acceptors (Lipinski definition) is 6. The van der Waals surface area contributed by atoms with Gasteiger partial charge in [0.1, 0.15) is 11.6 Å². The van der Waals surface area contributed by atoms with E-state index in [1.54, 1.807) is 0 Å². The van der Waals surface area contributed by atoms with E-state index in [0.29, 0.717) is 10.8 Å². The number of anilines is 1. The monoisotopic (exact) mass is 437 g/mol. The van der Waals surface area contributed by atoms with Gasteiger partial charge >= 0.3 is 0 Å². The van der Waals surface area contributed by atoms with Crippen LogP contribution in [0.4, 0.5) is 10.1 Å². The molecule has 5 rings (SSSR count). The van der Waals surface area contributed by atoms with Crippen LogP contribution in [0.1, 0.15) is 27.9 Å². The Bertz CT molecular complexity index is 1210. The SMILES string of the molecule is Cc1nc2sc([C@H](c3ccccc3C)N3CCN(c4ccc(F)cc4)CC3)c(O)n2n1. The largest absolute Gasteiger partial charge is 0.492 e. The molecule has 1 N–H and O–H groups in total. The van der Waals surface area contributed by atoms with Crippen molar-refractivity contribution in [2.24, 2.45) is 0 Å². The lowest BCUT2D eigenvalue weighted by Crippen LogP contribution is -2.48. The Labute approximate surface area is 184 Å². The van der Waals surface area contributed by atoms with Crippen LogP contribution in [0.2, 0.25) is 0 Å². The van der Waals surface area contributed by atoms with E-state index in [2.05, 4.69) is 38.9 Å². The number of aryl methyl sites for hydroxylation is 2. The highest BCUT2D eigenvalue weighted by atomic mass is 32.1. The van der Waals surface area contributed by atoms with Gasteiger partial charge in [0.2, 0.25) is 10.8 Å². The van der Waals surface area contributed by atoms with Gasteiger partial charge in [0.15, 0.2) is 0 Å². The zero-order chi connectivity index (χ0) is 21.5. The molecular weight excluding hydrogens is 413 g/mol. The molecule has 2 aromatic carbocycles. The van der Waals surface area contributed by atoms with Gasteiger partial charge in [-0.2, -0.15) is 4.52 Å². The Kier molecular flexibility index (Phi) is 5.11. The van der Waals surface area contributed by atoms with Crippen molar-refractivity contribution in [2.45, 2.75) is 19.9 Å². The number of piperazine rings is 1. The number of benzene rings is 2. The average molecular weight is 438 g/mol. The third-order valence-corrected chi connectivity index (χ3v) is 6.98. The standard InChI is InChI=1S/C23H24FN5OS/c1-15-5-3-4-6-19(15)20(21-22(30)29-23(31-21)25-16(2)26-29)28-13-11-27(12-14-28)18-9-7-17(24)8-10-18/h3-10,20,30H,11-14H2,1-2H3/t20-/m0/s1. The van der Waals surface area contributed by atoms with Crippen LogP contribution in [0.3, 0.4) is 0 Å². The van der Waals surface area contributed by atoms with Crippen LogP contribution in [-0.4, -0.2) is 50.8 Å². The molecule has 0 radical (unpaired) electrons. The Hall–Kier alpha value is -2.97. The van der Waals surface area contributed by atoms with E-state index in [1.165, 1.54) is 39.1 Å². The van der Waals surface area contributed by atoms with E-state index in [4.69, 9.17) is 0 Å². The summed E-state index contributed by atoms with van der Waals surface area (Å²) in [5, 5.41) is 15.4. The molecule has 0 amide bonds. The molecule has 6 nitrogen and oxygen atoms in total. The van der Waals surface area contributed by atoms with Crippen LogP contribution in [0, 0.1) is 19.7 Å². The van der Waals surface area contributed by atoms with Gasteiger partial charge in [-0.3, -0.25) is 4.90 Å². The van der Waals surface area contributed by atoms with Crippen molar-refractivity contribution in [1.29, 1.82) is 0 Å². The lowest BCUT2D eigenvalue weighted by atomic mass is 9.98. The zero-order valence-corrected chi connectivity index (χ0v) is 18.3. The lowest BCUT2D eigenvalue weighted by molar-refractivity contribution is 0.210. The van der Waals surface area contributed by atoms with Crippen molar-refractivity contribution in [2.75, 3.05) is 31.1 Å². The zero-order valence-electron chi connectivity index (χ0n) is 17.5. The highest BCUT2D eigenvalue weighted by Crippen LogP contribution is 2.41. The molecule has 1 fully saturated rings. The summed E-state index contributed by atoms with van der Waals surface area (Å²) in [5.41, 5.74) is 3.39.